The third kappa shape index (κ3) is 2.87. The normalized spacial score (nSPS) is 10.8. The number of benzene rings is 1. The molecule has 2 heterocycles. The number of hydrogen-bond donors (Lipinski definition) is 2. The molecule has 0 aliphatic carbocycles. The van der Waals surface area contributed by atoms with Crippen LogP contribution < -0.4 is 5.32 Å². The lowest BCUT2D eigenvalue weighted by Gasteiger charge is -2.01. The second-order valence-electron chi connectivity index (χ2n) is 4.65. The second kappa shape index (κ2) is 5.54. The first-order valence-corrected chi connectivity index (χ1v) is 6.94. The number of carbonyl (C=O) groups excluding carboxylic acids is 1. The number of anilines is 1. The number of fused-ring (bicyclic) bond motifs is 1. The Morgan fingerprint density at radius 1 is 1.29 bits per heavy atom. The fourth-order valence-corrected chi connectivity index (χ4v) is 2.20. The number of aromatic nitrogens is 3. The van der Waals surface area contributed by atoms with E-state index >= 15 is 0 Å². The number of nitrogens with zero attached hydrogens (tertiary/aromatic N) is 2. The average Bonchev–Trinajstić information content (AvgIpc) is 2.92. The van der Waals surface area contributed by atoms with E-state index in [0.29, 0.717) is 11.4 Å². The van der Waals surface area contributed by atoms with Crippen LogP contribution in [0, 0.1) is 0 Å². The van der Waals surface area contributed by atoms with Crippen LogP contribution in [0.25, 0.3) is 10.9 Å². The molecule has 1 aromatic carbocycles. The van der Waals surface area contributed by atoms with Crippen molar-refractivity contribution in [3.05, 3.63) is 53.2 Å². The van der Waals surface area contributed by atoms with E-state index in [-0.39, 0.29) is 11.2 Å². The predicted molar refractivity (Wildman–Crippen MR) is 82.7 cm³/mol. The highest BCUT2D eigenvalue weighted by molar-refractivity contribution is 6.28. The summed E-state index contributed by atoms with van der Waals surface area (Å²) >= 11 is 5.61. The van der Waals surface area contributed by atoms with E-state index in [0.717, 1.165) is 17.3 Å². The Kier molecular flexibility index (Phi) is 3.58. The molecule has 21 heavy (non-hydrogen) atoms. The van der Waals surface area contributed by atoms with Gasteiger partial charge >= 0.3 is 0 Å². The van der Waals surface area contributed by atoms with E-state index in [2.05, 4.69) is 33.3 Å². The van der Waals surface area contributed by atoms with Gasteiger partial charge in [0.25, 0.3) is 5.91 Å². The summed E-state index contributed by atoms with van der Waals surface area (Å²) < 4.78 is 0. The number of hydrogen-bond acceptors (Lipinski definition) is 3. The third-order valence-electron chi connectivity index (χ3n) is 3.22. The molecule has 3 aromatic rings. The minimum absolute atomic E-state index is 0.144. The highest BCUT2D eigenvalue weighted by atomic mass is 35.5. The lowest BCUT2D eigenvalue weighted by Crippen LogP contribution is -2.12. The number of nitrogens with one attached hydrogen (secondary N) is 2. The van der Waals surface area contributed by atoms with E-state index in [1.807, 2.05) is 18.2 Å². The van der Waals surface area contributed by atoms with Crippen molar-refractivity contribution < 1.29 is 4.79 Å². The third-order valence-corrected chi connectivity index (χ3v) is 3.41. The van der Waals surface area contributed by atoms with Gasteiger partial charge in [-0.05, 0) is 41.8 Å². The smallest absolute Gasteiger partial charge is 0.272 e. The molecule has 0 unspecified atom stereocenters. The predicted octanol–water partition coefficient (Wildman–Crippen LogP) is 3.43. The van der Waals surface area contributed by atoms with Gasteiger partial charge in [0.1, 0.15) is 5.69 Å². The van der Waals surface area contributed by atoms with Gasteiger partial charge < -0.3 is 10.3 Å². The first-order chi connectivity index (χ1) is 10.2. The molecule has 0 aliphatic rings. The number of aromatic amines is 1. The Balaban J connectivity index is 1.85. The van der Waals surface area contributed by atoms with Crippen molar-refractivity contribution >= 4 is 34.1 Å². The molecule has 0 saturated heterocycles. The number of rotatable bonds is 3. The first kappa shape index (κ1) is 13.6. The van der Waals surface area contributed by atoms with Gasteiger partial charge in [0.05, 0.1) is 18.1 Å². The molecule has 0 saturated carbocycles. The molecule has 0 atom stereocenters. The zero-order valence-corrected chi connectivity index (χ0v) is 12.1. The van der Waals surface area contributed by atoms with Gasteiger partial charge in [0.15, 0.2) is 0 Å². The Bertz CT molecular complexity index is 795. The number of halogens is 1. The van der Waals surface area contributed by atoms with Gasteiger partial charge in [-0.25, -0.2) is 9.97 Å². The van der Waals surface area contributed by atoms with E-state index in [4.69, 9.17) is 11.6 Å². The molecule has 5 nitrogen and oxygen atoms in total. The summed E-state index contributed by atoms with van der Waals surface area (Å²) in [7, 11) is 0. The topological polar surface area (TPSA) is 70.7 Å². The lowest BCUT2D eigenvalue weighted by molar-refractivity contribution is 0.102. The standard InChI is InChI=1S/C15H13ClN4O/c1-2-9-3-4-12-10(5-9)6-13(20-12)14(21)19-11-7-17-15(16)18-8-11/h3-8,20H,2H2,1H3,(H,19,21). The fraction of sp³-hybridized carbons (Fsp3) is 0.133. The van der Waals surface area contributed by atoms with Crippen LogP contribution in [0.2, 0.25) is 5.28 Å². The van der Waals surface area contributed by atoms with Crippen molar-refractivity contribution in [2.24, 2.45) is 0 Å². The minimum atomic E-state index is -0.241. The van der Waals surface area contributed by atoms with Crippen molar-refractivity contribution in [1.82, 2.24) is 15.0 Å². The molecule has 0 fully saturated rings. The van der Waals surface area contributed by atoms with E-state index in [9.17, 15) is 4.79 Å². The maximum absolute atomic E-state index is 12.2. The van der Waals surface area contributed by atoms with Gasteiger partial charge in [-0.15, -0.1) is 0 Å². The van der Waals surface area contributed by atoms with Crippen LogP contribution >= 0.6 is 11.6 Å². The lowest BCUT2D eigenvalue weighted by atomic mass is 10.1. The molecule has 2 aromatic heterocycles. The van der Waals surface area contributed by atoms with E-state index < -0.39 is 0 Å². The van der Waals surface area contributed by atoms with Crippen LogP contribution in [-0.4, -0.2) is 20.9 Å². The Morgan fingerprint density at radius 3 is 2.76 bits per heavy atom. The Morgan fingerprint density at radius 2 is 2.05 bits per heavy atom. The van der Waals surface area contributed by atoms with Gasteiger partial charge in [-0.2, -0.15) is 0 Å². The van der Waals surface area contributed by atoms with Gasteiger partial charge in [-0.3, -0.25) is 4.79 Å². The fourth-order valence-electron chi connectivity index (χ4n) is 2.10. The second-order valence-corrected chi connectivity index (χ2v) is 4.99. The average molecular weight is 301 g/mol. The maximum atomic E-state index is 12.2. The number of H-pyrrole nitrogens is 1. The van der Waals surface area contributed by atoms with E-state index in [1.54, 1.807) is 0 Å². The van der Waals surface area contributed by atoms with Crippen molar-refractivity contribution in [2.45, 2.75) is 13.3 Å². The summed E-state index contributed by atoms with van der Waals surface area (Å²) in [5, 5.41) is 3.89. The van der Waals surface area contributed by atoms with Gasteiger partial charge in [0.2, 0.25) is 5.28 Å². The Labute approximate surface area is 126 Å². The highest BCUT2D eigenvalue weighted by Crippen LogP contribution is 2.18. The summed E-state index contributed by atoms with van der Waals surface area (Å²) in [6.45, 7) is 2.10. The quantitative estimate of drug-likeness (QED) is 0.728. The molecule has 0 bridgehead atoms. The zero-order chi connectivity index (χ0) is 14.8. The molecule has 0 radical (unpaired) electrons. The molecule has 1 amide bonds. The molecular formula is C15H13ClN4O. The van der Waals surface area contributed by atoms with Crippen LogP contribution in [0.15, 0.2) is 36.7 Å². The molecule has 0 spiro atoms. The minimum Gasteiger partial charge on any atom is -0.351 e. The number of aryl methyl sites for hydroxylation is 1. The number of carbonyl (C=O) groups is 1. The SMILES string of the molecule is CCc1ccc2[nH]c(C(=O)Nc3cnc(Cl)nc3)cc2c1. The summed E-state index contributed by atoms with van der Waals surface area (Å²) in [5.74, 6) is -0.241. The van der Waals surface area contributed by atoms with E-state index in [1.165, 1.54) is 18.0 Å². The summed E-state index contributed by atoms with van der Waals surface area (Å²) in [5.41, 5.74) is 3.16. The summed E-state index contributed by atoms with van der Waals surface area (Å²) in [6, 6.07) is 7.94. The molecule has 3 rings (SSSR count). The molecule has 0 aliphatic heterocycles. The van der Waals surface area contributed by atoms with Crippen LogP contribution in [0.4, 0.5) is 5.69 Å². The van der Waals surface area contributed by atoms with Crippen LogP contribution in [0.3, 0.4) is 0 Å². The van der Waals surface area contributed by atoms with Crippen LogP contribution in [0.5, 0.6) is 0 Å². The number of amides is 1. The summed E-state index contributed by atoms with van der Waals surface area (Å²) in [6.07, 6.45) is 3.89. The van der Waals surface area contributed by atoms with Crippen molar-refractivity contribution in [3.8, 4) is 0 Å². The van der Waals surface area contributed by atoms with Crippen molar-refractivity contribution in [3.63, 3.8) is 0 Å². The van der Waals surface area contributed by atoms with Gasteiger partial charge in [-0.1, -0.05) is 13.0 Å². The maximum Gasteiger partial charge on any atom is 0.272 e. The van der Waals surface area contributed by atoms with Crippen molar-refractivity contribution in [1.29, 1.82) is 0 Å². The van der Waals surface area contributed by atoms with Crippen LogP contribution in [-0.2, 0) is 6.42 Å². The van der Waals surface area contributed by atoms with Crippen LogP contribution in [0.1, 0.15) is 23.0 Å². The highest BCUT2D eigenvalue weighted by Gasteiger charge is 2.10. The summed E-state index contributed by atoms with van der Waals surface area (Å²) in [4.78, 5) is 22.9. The first-order valence-electron chi connectivity index (χ1n) is 6.56. The van der Waals surface area contributed by atoms with Crippen molar-refractivity contribution in [2.75, 3.05) is 5.32 Å². The zero-order valence-electron chi connectivity index (χ0n) is 11.4. The molecule has 106 valence electrons. The molecule has 6 heteroatoms. The Hall–Kier alpha value is -2.40. The largest absolute Gasteiger partial charge is 0.351 e. The monoisotopic (exact) mass is 300 g/mol. The van der Waals surface area contributed by atoms with Gasteiger partial charge in [0, 0.05) is 10.9 Å². The molecule has 2 N–H and O–H groups in total. The molecular weight excluding hydrogens is 288 g/mol.